The molecule has 0 saturated carbocycles. The van der Waals surface area contributed by atoms with E-state index in [9.17, 15) is 4.79 Å². The van der Waals surface area contributed by atoms with Crippen LogP contribution in [0.2, 0.25) is 0 Å². The fraction of sp³-hybridized carbons (Fsp3) is 0.214. The molecule has 0 aliphatic heterocycles. The monoisotopic (exact) mass is 256 g/mol. The predicted octanol–water partition coefficient (Wildman–Crippen LogP) is 1.29. The van der Waals surface area contributed by atoms with E-state index in [-0.39, 0.29) is 5.91 Å². The Labute approximate surface area is 111 Å². The number of hydrogen-bond acceptors (Lipinski definition) is 4. The number of anilines is 1. The van der Waals surface area contributed by atoms with Crippen molar-refractivity contribution >= 4 is 11.7 Å². The first-order valence-corrected chi connectivity index (χ1v) is 6.04. The van der Waals surface area contributed by atoms with Gasteiger partial charge >= 0.3 is 0 Å². The van der Waals surface area contributed by atoms with Crippen molar-refractivity contribution in [3.8, 4) is 0 Å². The molecule has 0 aliphatic carbocycles. The van der Waals surface area contributed by atoms with E-state index in [0.29, 0.717) is 12.2 Å². The van der Waals surface area contributed by atoms with Crippen LogP contribution >= 0.6 is 0 Å². The molecule has 0 radical (unpaired) electrons. The zero-order valence-corrected chi connectivity index (χ0v) is 10.7. The molecule has 0 aliphatic rings. The van der Waals surface area contributed by atoms with Gasteiger partial charge in [0.15, 0.2) is 0 Å². The van der Waals surface area contributed by atoms with Crippen LogP contribution in [-0.2, 0) is 11.2 Å². The van der Waals surface area contributed by atoms with Gasteiger partial charge in [-0.2, -0.15) is 0 Å². The fourth-order valence-corrected chi connectivity index (χ4v) is 1.70. The molecule has 1 amide bonds. The van der Waals surface area contributed by atoms with Gasteiger partial charge in [0.05, 0.1) is 6.04 Å². The third-order valence-electron chi connectivity index (χ3n) is 2.69. The molecule has 1 aromatic carbocycles. The summed E-state index contributed by atoms with van der Waals surface area (Å²) in [6.07, 6.45) is 1.91. The van der Waals surface area contributed by atoms with Gasteiger partial charge in [-0.05, 0) is 18.9 Å². The summed E-state index contributed by atoms with van der Waals surface area (Å²) in [5.74, 6) is 0.225. The number of amides is 1. The maximum absolute atomic E-state index is 11.9. The highest BCUT2D eigenvalue weighted by atomic mass is 16.2. The number of carbonyl (C=O) groups is 1. The van der Waals surface area contributed by atoms with Gasteiger partial charge in [-0.3, -0.25) is 4.79 Å². The number of aryl methyl sites for hydroxylation is 1. The Morgan fingerprint density at radius 3 is 2.74 bits per heavy atom. The Balaban J connectivity index is 1.96. The largest absolute Gasteiger partial charge is 0.320 e. The van der Waals surface area contributed by atoms with Crippen molar-refractivity contribution in [3.05, 3.63) is 54.0 Å². The van der Waals surface area contributed by atoms with Gasteiger partial charge in [-0.15, -0.1) is 0 Å². The lowest BCUT2D eigenvalue weighted by Crippen LogP contribution is -2.37. The third kappa shape index (κ3) is 3.86. The highest BCUT2D eigenvalue weighted by Crippen LogP contribution is 2.06. The minimum Gasteiger partial charge on any atom is -0.320 e. The molecule has 2 rings (SSSR count). The second-order valence-electron chi connectivity index (χ2n) is 4.33. The van der Waals surface area contributed by atoms with Crippen LogP contribution in [0.3, 0.4) is 0 Å². The molecule has 2 aromatic rings. The molecular formula is C14H16N4O. The number of nitrogens with zero attached hydrogens (tertiary/aromatic N) is 2. The zero-order chi connectivity index (χ0) is 13.7. The number of carbonyl (C=O) groups excluding carboxylic acids is 1. The minimum atomic E-state index is -0.599. The first kappa shape index (κ1) is 13.2. The van der Waals surface area contributed by atoms with Gasteiger partial charge in [0.1, 0.15) is 12.1 Å². The van der Waals surface area contributed by atoms with E-state index in [2.05, 4.69) is 15.3 Å². The smallest absolute Gasteiger partial charge is 0.242 e. The highest BCUT2D eigenvalue weighted by Gasteiger charge is 2.14. The molecule has 0 unspecified atom stereocenters. The summed E-state index contributed by atoms with van der Waals surface area (Å²) in [6, 6.07) is 10.8. The molecule has 0 saturated heterocycles. The van der Waals surface area contributed by atoms with Crippen LogP contribution in [-0.4, -0.2) is 21.9 Å². The standard InChI is InChI=1S/C14H16N4O/c1-10-7-13(17-9-16-10)18-14(19)12(15)8-11-5-3-2-4-6-11/h2-7,9,12H,8,15H2,1H3,(H,16,17,18,19)/t12-/m0/s1. The Kier molecular flexibility index (Phi) is 4.20. The van der Waals surface area contributed by atoms with E-state index < -0.39 is 6.04 Å². The van der Waals surface area contributed by atoms with Crippen molar-refractivity contribution in [2.75, 3.05) is 5.32 Å². The summed E-state index contributed by atoms with van der Waals surface area (Å²) in [4.78, 5) is 19.9. The molecule has 3 N–H and O–H groups in total. The Bertz CT molecular complexity index is 556. The minimum absolute atomic E-state index is 0.248. The number of nitrogens with two attached hydrogens (primary N) is 1. The average molecular weight is 256 g/mol. The Morgan fingerprint density at radius 2 is 2.05 bits per heavy atom. The van der Waals surface area contributed by atoms with Gasteiger partial charge in [-0.1, -0.05) is 30.3 Å². The summed E-state index contributed by atoms with van der Waals surface area (Å²) in [6.45, 7) is 1.83. The van der Waals surface area contributed by atoms with Crippen molar-refractivity contribution in [2.45, 2.75) is 19.4 Å². The van der Waals surface area contributed by atoms with E-state index >= 15 is 0 Å². The second-order valence-corrected chi connectivity index (χ2v) is 4.33. The van der Waals surface area contributed by atoms with Crippen molar-refractivity contribution < 1.29 is 4.79 Å². The third-order valence-corrected chi connectivity index (χ3v) is 2.69. The summed E-state index contributed by atoms with van der Waals surface area (Å²) >= 11 is 0. The zero-order valence-electron chi connectivity index (χ0n) is 10.7. The first-order chi connectivity index (χ1) is 9.15. The molecule has 0 bridgehead atoms. The molecule has 1 atom stereocenters. The average Bonchev–Trinajstić information content (AvgIpc) is 2.40. The van der Waals surface area contributed by atoms with Crippen LogP contribution in [0.4, 0.5) is 5.82 Å². The van der Waals surface area contributed by atoms with Gasteiger partial charge in [0, 0.05) is 11.8 Å². The maximum atomic E-state index is 11.9. The molecule has 0 fully saturated rings. The normalized spacial score (nSPS) is 11.9. The van der Waals surface area contributed by atoms with E-state index in [0.717, 1.165) is 11.3 Å². The van der Waals surface area contributed by atoms with Gasteiger partial charge in [-0.25, -0.2) is 9.97 Å². The number of hydrogen-bond donors (Lipinski definition) is 2. The van der Waals surface area contributed by atoms with Crippen LogP contribution < -0.4 is 11.1 Å². The van der Waals surface area contributed by atoms with E-state index in [1.165, 1.54) is 6.33 Å². The van der Waals surface area contributed by atoms with Crippen molar-refractivity contribution in [3.63, 3.8) is 0 Å². The number of benzene rings is 1. The molecule has 98 valence electrons. The SMILES string of the molecule is Cc1cc(NC(=O)[C@@H](N)Cc2ccccc2)ncn1. The summed E-state index contributed by atoms with van der Waals surface area (Å²) in [5.41, 5.74) is 7.70. The Morgan fingerprint density at radius 1 is 1.32 bits per heavy atom. The summed E-state index contributed by atoms with van der Waals surface area (Å²) < 4.78 is 0. The lowest BCUT2D eigenvalue weighted by Gasteiger charge is -2.11. The molecule has 5 nitrogen and oxygen atoms in total. The lowest BCUT2D eigenvalue weighted by atomic mass is 10.1. The molecule has 1 heterocycles. The predicted molar refractivity (Wildman–Crippen MR) is 73.5 cm³/mol. The Hall–Kier alpha value is -2.27. The summed E-state index contributed by atoms with van der Waals surface area (Å²) in [5, 5.41) is 2.69. The molecular weight excluding hydrogens is 240 g/mol. The van der Waals surface area contributed by atoms with Gasteiger partial charge in [0.25, 0.3) is 0 Å². The molecule has 0 spiro atoms. The van der Waals surface area contributed by atoms with Crippen LogP contribution in [0.25, 0.3) is 0 Å². The van der Waals surface area contributed by atoms with E-state index in [1.807, 2.05) is 37.3 Å². The quantitative estimate of drug-likeness (QED) is 0.863. The fourth-order valence-electron chi connectivity index (χ4n) is 1.70. The van der Waals surface area contributed by atoms with E-state index in [4.69, 9.17) is 5.73 Å². The molecule has 19 heavy (non-hydrogen) atoms. The number of rotatable bonds is 4. The van der Waals surface area contributed by atoms with Crippen molar-refractivity contribution in [2.24, 2.45) is 5.73 Å². The second kappa shape index (κ2) is 6.06. The van der Waals surface area contributed by atoms with Crippen LogP contribution in [0.1, 0.15) is 11.3 Å². The lowest BCUT2D eigenvalue weighted by molar-refractivity contribution is -0.117. The van der Waals surface area contributed by atoms with Crippen LogP contribution in [0.15, 0.2) is 42.7 Å². The molecule has 5 heteroatoms. The van der Waals surface area contributed by atoms with E-state index in [1.54, 1.807) is 6.07 Å². The van der Waals surface area contributed by atoms with Gasteiger partial charge in [0.2, 0.25) is 5.91 Å². The van der Waals surface area contributed by atoms with Crippen LogP contribution in [0, 0.1) is 6.92 Å². The van der Waals surface area contributed by atoms with Gasteiger partial charge < -0.3 is 11.1 Å². The number of aromatic nitrogens is 2. The topological polar surface area (TPSA) is 80.9 Å². The highest BCUT2D eigenvalue weighted by molar-refractivity contribution is 5.94. The molecule has 1 aromatic heterocycles. The first-order valence-electron chi connectivity index (χ1n) is 6.04. The summed E-state index contributed by atoms with van der Waals surface area (Å²) in [7, 11) is 0. The van der Waals surface area contributed by atoms with Crippen molar-refractivity contribution in [1.29, 1.82) is 0 Å². The maximum Gasteiger partial charge on any atom is 0.242 e. The van der Waals surface area contributed by atoms with Crippen LogP contribution in [0.5, 0.6) is 0 Å². The van der Waals surface area contributed by atoms with Crippen molar-refractivity contribution in [1.82, 2.24) is 9.97 Å². The number of nitrogens with one attached hydrogen (secondary N) is 1.